The zero-order valence-electron chi connectivity index (χ0n) is 17.7. The number of aromatic nitrogens is 1. The second kappa shape index (κ2) is 9.93. The molecule has 8 nitrogen and oxygen atoms in total. The Morgan fingerprint density at radius 1 is 1.09 bits per heavy atom. The molecule has 168 valence electrons. The Bertz CT molecular complexity index is 1190. The van der Waals surface area contributed by atoms with Gasteiger partial charge in [-0.3, -0.25) is 19.8 Å². The Labute approximate surface area is 194 Å². The summed E-state index contributed by atoms with van der Waals surface area (Å²) in [5.41, 5.74) is 3.33. The number of ether oxygens (including phenoxy) is 1. The van der Waals surface area contributed by atoms with Gasteiger partial charge in [-0.05, 0) is 43.7 Å². The van der Waals surface area contributed by atoms with E-state index >= 15 is 0 Å². The Morgan fingerprint density at radius 2 is 1.84 bits per heavy atom. The number of nitrogens with zero attached hydrogens (tertiary/aromatic N) is 1. The Kier molecular flexibility index (Phi) is 7.27. The van der Waals surface area contributed by atoms with E-state index in [4.69, 9.17) is 27.9 Å². The van der Waals surface area contributed by atoms with Gasteiger partial charge < -0.3 is 15.4 Å². The fourth-order valence-corrected chi connectivity index (χ4v) is 3.45. The van der Waals surface area contributed by atoms with Crippen LogP contribution in [0.1, 0.15) is 30.8 Å². The number of benzene rings is 2. The summed E-state index contributed by atoms with van der Waals surface area (Å²) in [6, 6.07) is 11.2. The van der Waals surface area contributed by atoms with Crippen LogP contribution < -0.4 is 20.8 Å². The number of anilines is 1. The number of nitrogens with one attached hydrogen (secondary N) is 3. The maximum Gasteiger partial charge on any atom is 0.328 e. The molecule has 3 rings (SSSR count). The van der Waals surface area contributed by atoms with E-state index in [0.717, 1.165) is 0 Å². The second-order valence-corrected chi connectivity index (χ2v) is 7.91. The molecule has 2 aromatic carbocycles. The molecular weight excluding hydrogens is 455 g/mol. The Hall–Kier alpha value is -3.23. The summed E-state index contributed by atoms with van der Waals surface area (Å²) in [5.74, 6) is -1.89. The van der Waals surface area contributed by atoms with E-state index < -0.39 is 17.7 Å². The number of rotatable bonds is 6. The lowest BCUT2D eigenvalue weighted by Crippen LogP contribution is -2.43. The van der Waals surface area contributed by atoms with Crippen LogP contribution in [0.15, 0.2) is 42.5 Å². The summed E-state index contributed by atoms with van der Waals surface area (Å²) < 4.78 is 6.62. The Morgan fingerprint density at radius 3 is 2.50 bits per heavy atom. The van der Waals surface area contributed by atoms with Crippen molar-refractivity contribution in [2.75, 3.05) is 17.9 Å². The molecule has 1 heterocycles. The molecule has 0 saturated heterocycles. The normalized spacial score (nSPS) is 11.7. The van der Waals surface area contributed by atoms with Gasteiger partial charge in [0.05, 0.1) is 17.8 Å². The maximum absolute atomic E-state index is 13.1. The van der Waals surface area contributed by atoms with Crippen molar-refractivity contribution >= 4 is 57.5 Å². The summed E-state index contributed by atoms with van der Waals surface area (Å²) in [7, 11) is 1.47. The number of carbonyl (C=O) groups is 3. The summed E-state index contributed by atoms with van der Waals surface area (Å²) in [4.78, 5) is 38.0. The van der Waals surface area contributed by atoms with Gasteiger partial charge in [-0.15, -0.1) is 0 Å². The van der Waals surface area contributed by atoms with E-state index in [0.29, 0.717) is 33.8 Å². The molecule has 0 bridgehead atoms. The molecule has 0 aliphatic rings. The van der Waals surface area contributed by atoms with Gasteiger partial charge in [0.25, 0.3) is 5.91 Å². The standard InChI is InChI=1S/C22H22Cl2N4O4/c1-4-12(2)25-21(30)22(31)27-28-17(10-13-6-5-7-18(32-3)19(13)28)20(29)26-16-9-8-14(23)11-15(16)24/h5-12H,4H2,1-3H3,(H,25,30)(H,26,29)(H,27,31)/t12-/m1/s1. The molecule has 0 radical (unpaired) electrons. The predicted molar refractivity (Wildman–Crippen MR) is 125 cm³/mol. The van der Waals surface area contributed by atoms with Gasteiger partial charge in [-0.25, -0.2) is 4.68 Å². The molecule has 3 N–H and O–H groups in total. The molecule has 0 aliphatic heterocycles. The highest BCUT2D eigenvalue weighted by molar-refractivity contribution is 6.38. The van der Waals surface area contributed by atoms with Crippen LogP contribution in [0.2, 0.25) is 10.0 Å². The minimum absolute atomic E-state index is 0.0696. The van der Waals surface area contributed by atoms with Crippen LogP contribution in [0.25, 0.3) is 10.9 Å². The molecule has 3 aromatic rings. The number of hydrogen-bond acceptors (Lipinski definition) is 4. The first-order valence-electron chi connectivity index (χ1n) is 9.81. The summed E-state index contributed by atoms with van der Waals surface area (Å²) in [6.07, 6.45) is 0.662. The van der Waals surface area contributed by atoms with E-state index in [9.17, 15) is 14.4 Å². The van der Waals surface area contributed by atoms with Gasteiger partial charge in [-0.1, -0.05) is 42.3 Å². The molecule has 3 amide bonds. The molecule has 0 aliphatic carbocycles. The van der Waals surface area contributed by atoms with Crippen molar-refractivity contribution in [3.63, 3.8) is 0 Å². The Balaban J connectivity index is 2.01. The highest BCUT2D eigenvalue weighted by atomic mass is 35.5. The fraction of sp³-hybridized carbons (Fsp3) is 0.227. The van der Waals surface area contributed by atoms with Gasteiger partial charge in [0, 0.05) is 16.5 Å². The van der Waals surface area contributed by atoms with E-state index in [1.165, 1.54) is 17.9 Å². The van der Waals surface area contributed by atoms with Crippen molar-refractivity contribution < 1.29 is 19.1 Å². The number of methoxy groups -OCH3 is 1. The van der Waals surface area contributed by atoms with Gasteiger partial charge >= 0.3 is 11.8 Å². The zero-order chi connectivity index (χ0) is 23.4. The molecule has 0 unspecified atom stereocenters. The van der Waals surface area contributed by atoms with Crippen molar-refractivity contribution in [2.24, 2.45) is 0 Å². The molecular formula is C22H22Cl2N4O4. The molecule has 32 heavy (non-hydrogen) atoms. The topological polar surface area (TPSA) is 101 Å². The lowest BCUT2D eigenvalue weighted by Gasteiger charge is -2.15. The highest BCUT2D eigenvalue weighted by Gasteiger charge is 2.23. The monoisotopic (exact) mass is 476 g/mol. The third-order valence-electron chi connectivity index (χ3n) is 4.83. The minimum atomic E-state index is -0.924. The average molecular weight is 477 g/mol. The van der Waals surface area contributed by atoms with Crippen molar-refractivity contribution in [3.8, 4) is 5.75 Å². The lowest BCUT2D eigenvalue weighted by molar-refractivity contribution is -0.137. The van der Waals surface area contributed by atoms with Crippen LogP contribution in [-0.4, -0.2) is 35.5 Å². The fourth-order valence-electron chi connectivity index (χ4n) is 3.00. The van der Waals surface area contributed by atoms with Crippen LogP contribution in [0.4, 0.5) is 5.69 Å². The van der Waals surface area contributed by atoms with E-state index in [-0.39, 0.29) is 16.8 Å². The molecule has 1 aromatic heterocycles. The first-order chi connectivity index (χ1) is 15.2. The second-order valence-electron chi connectivity index (χ2n) is 7.07. The van der Waals surface area contributed by atoms with Gasteiger partial charge in [0.15, 0.2) is 0 Å². The molecule has 1 atom stereocenters. The van der Waals surface area contributed by atoms with Crippen LogP contribution >= 0.6 is 23.2 Å². The molecule has 0 fully saturated rings. The summed E-state index contributed by atoms with van der Waals surface area (Å²) >= 11 is 12.1. The van der Waals surface area contributed by atoms with Crippen LogP contribution in [0.3, 0.4) is 0 Å². The minimum Gasteiger partial charge on any atom is -0.494 e. The van der Waals surface area contributed by atoms with E-state index in [1.807, 2.05) is 6.92 Å². The summed E-state index contributed by atoms with van der Waals surface area (Å²) in [5, 5.41) is 6.59. The number of para-hydroxylation sites is 1. The number of halogens is 2. The number of amides is 3. The third kappa shape index (κ3) is 4.98. The first-order valence-corrected chi connectivity index (χ1v) is 10.6. The van der Waals surface area contributed by atoms with Gasteiger partial charge in [0.1, 0.15) is 17.0 Å². The van der Waals surface area contributed by atoms with Crippen LogP contribution in [0.5, 0.6) is 5.75 Å². The average Bonchev–Trinajstić information content (AvgIpc) is 3.14. The molecule has 0 spiro atoms. The third-order valence-corrected chi connectivity index (χ3v) is 5.38. The number of hydrogen-bond donors (Lipinski definition) is 3. The maximum atomic E-state index is 13.1. The predicted octanol–water partition coefficient (Wildman–Crippen LogP) is 4.19. The van der Waals surface area contributed by atoms with Crippen molar-refractivity contribution in [1.82, 2.24) is 9.99 Å². The highest BCUT2D eigenvalue weighted by Crippen LogP contribution is 2.30. The lowest BCUT2D eigenvalue weighted by atomic mass is 10.2. The number of carbonyl (C=O) groups excluding carboxylic acids is 3. The van der Waals surface area contributed by atoms with Gasteiger partial charge in [-0.2, -0.15) is 0 Å². The molecule has 0 saturated carbocycles. The van der Waals surface area contributed by atoms with Crippen molar-refractivity contribution in [3.05, 3.63) is 58.2 Å². The summed E-state index contributed by atoms with van der Waals surface area (Å²) in [6.45, 7) is 3.67. The van der Waals surface area contributed by atoms with Crippen molar-refractivity contribution in [2.45, 2.75) is 26.3 Å². The SMILES string of the molecule is CC[C@@H](C)NC(=O)C(=O)Nn1c(C(=O)Nc2ccc(Cl)cc2Cl)cc2cccc(OC)c21. The van der Waals surface area contributed by atoms with E-state index in [2.05, 4.69) is 16.1 Å². The largest absolute Gasteiger partial charge is 0.494 e. The van der Waals surface area contributed by atoms with Crippen molar-refractivity contribution in [1.29, 1.82) is 0 Å². The smallest absolute Gasteiger partial charge is 0.328 e. The van der Waals surface area contributed by atoms with Gasteiger partial charge in [0.2, 0.25) is 0 Å². The molecule has 10 heteroatoms. The number of fused-ring (bicyclic) bond motifs is 1. The van der Waals surface area contributed by atoms with Crippen LogP contribution in [0, 0.1) is 0 Å². The van der Waals surface area contributed by atoms with E-state index in [1.54, 1.807) is 43.3 Å². The van der Waals surface area contributed by atoms with Crippen LogP contribution in [-0.2, 0) is 9.59 Å². The zero-order valence-corrected chi connectivity index (χ0v) is 19.2. The quantitative estimate of drug-likeness (QED) is 0.464. The first kappa shape index (κ1) is 23.4.